The van der Waals surface area contributed by atoms with Crippen molar-refractivity contribution in [2.75, 3.05) is 0 Å². The van der Waals surface area contributed by atoms with Crippen LogP contribution in [0.1, 0.15) is 26.4 Å². The Bertz CT molecular complexity index is 685. The maximum atomic E-state index is 12.4. The number of rotatable bonds is 2. The van der Waals surface area contributed by atoms with Crippen LogP contribution in [0, 0.1) is 13.8 Å². The highest BCUT2D eigenvalue weighted by atomic mass is 32.1. The first-order valence-electron chi connectivity index (χ1n) is 5.73. The summed E-state index contributed by atoms with van der Waals surface area (Å²) < 4.78 is 2.40. The van der Waals surface area contributed by atoms with Crippen LogP contribution < -0.4 is 0 Å². The van der Waals surface area contributed by atoms with Gasteiger partial charge in [-0.3, -0.25) is 4.79 Å². The number of ketones is 1. The van der Waals surface area contributed by atoms with E-state index in [-0.39, 0.29) is 5.78 Å². The molecule has 0 bridgehead atoms. The van der Waals surface area contributed by atoms with Crippen molar-refractivity contribution in [3.63, 3.8) is 0 Å². The average molecular weight is 272 g/mol. The molecule has 90 valence electrons. The third-order valence-electron chi connectivity index (χ3n) is 2.85. The van der Waals surface area contributed by atoms with E-state index >= 15 is 0 Å². The van der Waals surface area contributed by atoms with Crippen LogP contribution in [-0.2, 0) is 0 Å². The summed E-state index contributed by atoms with van der Waals surface area (Å²) in [6.45, 7) is 4.05. The van der Waals surface area contributed by atoms with Crippen LogP contribution in [0.15, 0.2) is 35.7 Å². The van der Waals surface area contributed by atoms with Crippen molar-refractivity contribution < 1.29 is 4.79 Å². The lowest BCUT2D eigenvalue weighted by Crippen LogP contribution is -1.99. The fourth-order valence-corrected chi connectivity index (χ4v) is 4.20. The van der Waals surface area contributed by atoms with Crippen molar-refractivity contribution in [3.05, 3.63) is 57.3 Å². The zero-order chi connectivity index (χ0) is 12.7. The maximum absolute atomic E-state index is 12.4. The third-order valence-corrected chi connectivity index (χ3v) is 4.94. The normalized spacial score (nSPS) is 11.0. The Balaban J connectivity index is 2.06. The molecule has 0 aliphatic carbocycles. The van der Waals surface area contributed by atoms with Crippen LogP contribution in [0.4, 0.5) is 0 Å². The zero-order valence-corrected chi connectivity index (χ0v) is 11.8. The quantitative estimate of drug-likeness (QED) is 0.612. The number of thiophene rings is 2. The van der Waals surface area contributed by atoms with Crippen molar-refractivity contribution >= 4 is 37.9 Å². The molecule has 0 aliphatic rings. The van der Waals surface area contributed by atoms with Gasteiger partial charge in [-0.25, -0.2) is 0 Å². The second-order valence-corrected chi connectivity index (χ2v) is 6.50. The first-order chi connectivity index (χ1) is 8.63. The number of carbonyl (C=O) groups excluding carboxylic acids is 1. The van der Waals surface area contributed by atoms with Crippen LogP contribution in [0.3, 0.4) is 0 Å². The van der Waals surface area contributed by atoms with Crippen LogP contribution in [0.5, 0.6) is 0 Å². The van der Waals surface area contributed by atoms with Crippen molar-refractivity contribution in [2.24, 2.45) is 0 Å². The van der Waals surface area contributed by atoms with Crippen LogP contribution in [0.2, 0.25) is 0 Å². The molecule has 0 aliphatic heterocycles. The molecule has 0 saturated carbocycles. The Hall–Kier alpha value is -1.45. The van der Waals surface area contributed by atoms with Gasteiger partial charge in [-0.1, -0.05) is 17.2 Å². The number of fused-ring (bicyclic) bond motifs is 1. The van der Waals surface area contributed by atoms with E-state index in [1.807, 2.05) is 32.0 Å². The molecule has 1 aromatic carbocycles. The number of aryl methyl sites for hydroxylation is 2. The number of carbonyl (C=O) groups is 1. The largest absolute Gasteiger partial charge is 0.288 e. The summed E-state index contributed by atoms with van der Waals surface area (Å²) in [6.07, 6.45) is 0. The fourth-order valence-electron chi connectivity index (χ4n) is 2.13. The highest BCUT2D eigenvalue weighted by Crippen LogP contribution is 2.31. The Morgan fingerprint density at radius 3 is 2.39 bits per heavy atom. The first-order valence-corrected chi connectivity index (χ1v) is 7.43. The van der Waals surface area contributed by atoms with Gasteiger partial charge in [-0.05, 0) is 43.5 Å². The van der Waals surface area contributed by atoms with E-state index in [9.17, 15) is 4.79 Å². The van der Waals surface area contributed by atoms with E-state index in [0.29, 0.717) is 0 Å². The smallest absolute Gasteiger partial charge is 0.203 e. The van der Waals surface area contributed by atoms with Crippen molar-refractivity contribution in [1.82, 2.24) is 0 Å². The van der Waals surface area contributed by atoms with Crippen LogP contribution in [0.25, 0.3) is 9.40 Å². The molecule has 0 atom stereocenters. The Morgan fingerprint density at radius 1 is 1.00 bits per heavy atom. The number of hydrogen-bond donors (Lipinski definition) is 0. The summed E-state index contributed by atoms with van der Waals surface area (Å²) in [7, 11) is 0. The molecule has 3 heteroatoms. The van der Waals surface area contributed by atoms with Gasteiger partial charge in [0.05, 0.1) is 4.88 Å². The van der Waals surface area contributed by atoms with E-state index in [1.54, 1.807) is 22.7 Å². The van der Waals surface area contributed by atoms with E-state index < -0.39 is 0 Å². The third kappa shape index (κ3) is 2.00. The van der Waals surface area contributed by atoms with Gasteiger partial charge in [-0.2, -0.15) is 0 Å². The molecule has 0 fully saturated rings. The highest BCUT2D eigenvalue weighted by molar-refractivity contribution is 7.28. The van der Waals surface area contributed by atoms with Gasteiger partial charge in [0.2, 0.25) is 5.78 Å². The summed E-state index contributed by atoms with van der Waals surface area (Å²) in [5.74, 6) is 0.134. The number of hydrogen-bond acceptors (Lipinski definition) is 3. The molecule has 0 radical (unpaired) electrons. The van der Waals surface area contributed by atoms with Crippen LogP contribution >= 0.6 is 22.7 Å². The minimum Gasteiger partial charge on any atom is -0.288 e. The predicted molar refractivity (Wildman–Crippen MR) is 79.1 cm³/mol. The monoisotopic (exact) mass is 272 g/mol. The summed E-state index contributed by atoms with van der Waals surface area (Å²) in [5.41, 5.74) is 3.06. The summed E-state index contributed by atoms with van der Waals surface area (Å²) >= 11 is 3.26. The van der Waals surface area contributed by atoms with Gasteiger partial charge in [0, 0.05) is 15.0 Å². The lowest BCUT2D eigenvalue weighted by atomic mass is 10.0. The van der Waals surface area contributed by atoms with Gasteiger partial charge in [0.25, 0.3) is 0 Å². The van der Waals surface area contributed by atoms with E-state index in [1.165, 1.54) is 9.40 Å². The topological polar surface area (TPSA) is 17.1 Å². The summed E-state index contributed by atoms with van der Waals surface area (Å²) in [5, 5.41) is 2.06. The van der Waals surface area contributed by atoms with Gasteiger partial charge in [0.15, 0.2) is 0 Å². The van der Waals surface area contributed by atoms with E-state index in [4.69, 9.17) is 0 Å². The highest BCUT2D eigenvalue weighted by Gasteiger charge is 2.13. The molecule has 3 aromatic rings. The Morgan fingerprint density at radius 2 is 1.72 bits per heavy atom. The molecule has 3 rings (SSSR count). The minimum absolute atomic E-state index is 0.134. The average Bonchev–Trinajstić information content (AvgIpc) is 2.86. The van der Waals surface area contributed by atoms with Gasteiger partial charge in [0.1, 0.15) is 0 Å². The summed E-state index contributed by atoms with van der Waals surface area (Å²) in [4.78, 5) is 13.3. The minimum atomic E-state index is 0.134. The van der Waals surface area contributed by atoms with E-state index in [0.717, 1.165) is 21.6 Å². The lowest BCUT2D eigenvalue weighted by molar-refractivity contribution is 0.104. The van der Waals surface area contributed by atoms with Crippen molar-refractivity contribution in [3.8, 4) is 0 Å². The summed E-state index contributed by atoms with van der Waals surface area (Å²) in [6, 6.07) is 10.1. The Labute approximate surface area is 114 Å². The molecule has 1 nitrogen and oxygen atoms in total. The molecule has 0 amide bonds. The Kier molecular flexibility index (Phi) is 2.80. The van der Waals surface area contributed by atoms with Crippen molar-refractivity contribution in [1.29, 1.82) is 0 Å². The molecule has 0 spiro atoms. The second kappa shape index (κ2) is 4.34. The van der Waals surface area contributed by atoms with Crippen molar-refractivity contribution in [2.45, 2.75) is 13.8 Å². The first kappa shape index (κ1) is 11.6. The maximum Gasteiger partial charge on any atom is 0.203 e. The fraction of sp³-hybridized carbons (Fsp3) is 0.133. The molecule has 0 unspecified atom stereocenters. The van der Waals surface area contributed by atoms with E-state index in [2.05, 4.69) is 17.5 Å². The van der Waals surface area contributed by atoms with Gasteiger partial charge < -0.3 is 0 Å². The molecular formula is C15H12OS2. The number of benzene rings is 1. The second-order valence-electron chi connectivity index (χ2n) is 4.47. The molecular weight excluding hydrogens is 260 g/mol. The van der Waals surface area contributed by atoms with Gasteiger partial charge in [-0.15, -0.1) is 22.7 Å². The van der Waals surface area contributed by atoms with Gasteiger partial charge >= 0.3 is 0 Å². The lowest BCUT2D eigenvalue weighted by Gasteiger charge is -2.02. The zero-order valence-electron chi connectivity index (χ0n) is 10.2. The molecule has 0 N–H and O–H groups in total. The standard InChI is InChI=1S/C15H12OS2/c1-9-5-10(2)7-11(6-9)15(16)14-8-13-12(18-14)3-4-17-13/h3-8H,1-2H3. The van der Waals surface area contributed by atoms with Crippen LogP contribution in [-0.4, -0.2) is 5.78 Å². The SMILES string of the molecule is Cc1cc(C)cc(C(=O)c2cc3sccc3s2)c1. The molecule has 2 aromatic heterocycles. The predicted octanol–water partition coefficient (Wildman–Crippen LogP) is 4.81. The molecule has 2 heterocycles. The molecule has 18 heavy (non-hydrogen) atoms. The molecule has 0 saturated heterocycles.